The molecule has 0 bridgehead atoms. The average Bonchev–Trinajstić information content (AvgIpc) is 2.31. The predicted octanol–water partition coefficient (Wildman–Crippen LogP) is 1.71. The minimum atomic E-state index is -1.34. The smallest absolute Gasteiger partial charge is 0.358 e. The second-order valence-electron chi connectivity index (χ2n) is 3.96. The summed E-state index contributed by atoms with van der Waals surface area (Å²) in [7, 11) is 0. The van der Waals surface area contributed by atoms with Gasteiger partial charge in [0.1, 0.15) is 5.82 Å². The fourth-order valence-corrected chi connectivity index (χ4v) is 1.82. The Labute approximate surface area is 102 Å². The summed E-state index contributed by atoms with van der Waals surface area (Å²) in [4.78, 5) is 26.6. The van der Waals surface area contributed by atoms with Crippen molar-refractivity contribution in [1.82, 2.24) is 0 Å². The Morgan fingerprint density at radius 2 is 1.94 bits per heavy atom. The predicted molar refractivity (Wildman–Crippen MR) is 63.9 cm³/mol. The normalized spacial score (nSPS) is 15.7. The largest absolute Gasteiger partial charge is 0.476 e. The Bertz CT molecular complexity index is 585. The topological polar surface area (TPSA) is 66.7 Å². The SMILES string of the molecule is CC1=C(c2ccc(F)cc2)C(=O)C(C(=O)O)=NC1. The van der Waals surface area contributed by atoms with Crippen LogP contribution in [0.1, 0.15) is 12.5 Å². The van der Waals surface area contributed by atoms with Crippen LogP contribution < -0.4 is 0 Å². The third-order valence-corrected chi connectivity index (χ3v) is 2.68. The molecule has 0 fully saturated rings. The van der Waals surface area contributed by atoms with Gasteiger partial charge in [0.05, 0.1) is 6.54 Å². The molecule has 0 saturated heterocycles. The van der Waals surface area contributed by atoms with Gasteiger partial charge in [0.15, 0.2) is 5.71 Å². The molecule has 5 heteroatoms. The molecule has 0 unspecified atom stereocenters. The van der Waals surface area contributed by atoms with Crippen LogP contribution in [0.4, 0.5) is 4.39 Å². The van der Waals surface area contributed by atoms with Crippen LogP contribution in [-0.2, 0) is 9.59 Å². The minimum absolute atomic E-state index is 0.167. The molecule has 0 aromatic heterocycles. The van der Waals surface area contributed by atoms with Crippen LogP contribution in [0.25, 0.3) is 5.57 Å². The number of benzene rings is 1. The van der Waals surface area contributed by atoms with Gasteiger partial charge in [0, 0.05) is 5.57 Å². The second kappa shape index (κ2) is 4.52. The molecular formula is C13H10FNO3. The van der Waals surface area contributed by atoms with Crippen molar-refractivity contribution < 1.29 is 19.1 Å². The van der Waals surface area contributed by atoms with E-state index in [0.717, 1.165) is 0 Å². The van der Waals surface area contributed by atoms with Crippen LogP contribution in [-0.4, -0.2) is 29.1 Å². The summed E-state index contributed by atoms with van der Waals surface area (Å²) in [5.74, 6) is -2.38. The average molecular weight is 247 g/mol. The molecule has 2 rings (SSSR count). The maximum atomic E-state index is 12.8. The molecule has 18 heavy (non-hydrogen) atoms. The quantitative estimate of drug-likeness (QED) is 0.865. The molecule has 0 atom stereocenters. The maximum absolute atomic E-state index is 12.8. The zero-order valence-electron chi connectivity index (χ0n) is 9.61. The van der Waals surface area contributed by atoms with Gasteiger partial charge in [-0.05, 0) is 30.2 Å². The minimum Gasteiger partial charge on any atom is -0.476 e. The molecule has 92 valence electrons. The van der Waals surface area contributed by atoms with Gasteiger partial charge in [0.2, 0.25) is 5.78 Å². The van der Waals surface area contributed by atoms with Crippen molar-refractivity contribution >= 4 is 23.0 Å². The van der Waals surface area contributed by atoms with Gasteiger partial charge in [0.25, 0.3) is 0 Å². The third-order valence-electron chi connectivity index (χ3n) is 2.68. The zero-order valence-corrected chi connectivity index (χ0v) is 9.61. The highest BCUT2D eigenvalue weighted by Crippen LogP contribution is 2.24. The first kappa shape index (κ1) is 12.2. The first-order chi connectivity index (χ1) is 8.50. The highest BCUT2D eigenvalue weighted by Gasteiger charge is 2.28. The number of hydrogen-bond acceptors (Lipinski definition) is 3. The monoisotopic (exact) mass is 247 g/mol. The van der Waals surface area contributed by atoms with Crippen molar-refractivity contribution in [2.45, 2.75) is 6.92 Å². The summed E-state index contributed by atoms with van der Waals surface area (Å²) in [6.45, 7) is 1.87. The molecule has 1 N–H and O–H groups in total. The Kier molecular flexibility index (Phi) is 3.06. The highest BCUT2D eigenvalue weighted by molar-refractivity contribution is 6.73. The molecule has 0 saturated carbocycles. The first-order valence-electron chi connectivity index (χ1n) is 5.29. The van der Waals surface area contributed by atoms with Crippen molar-refractivity contribution in [3.05, 3.63) is 41.2 Å². The highest BCUT2D eigenvalue weighted by atomic mass is 19.1. The number of ketones is 1. The molecule has 1 aromatic rings. The van der Waals surface area contributed by atoms with Gasteiger partial charge in [-0.2, -0.15) is 0 Å². The third kappa shape index (κ3) is 2.07. The number of halogens is 1. The Morgan fingerprint density at radius 3 is 2.50 bits per heavy atom. The lowest BCUT2D eigenvalue weighted by Gasteiger charge is -2.15. The number of rotatable bonds is 2. The van der Waals surface area contributed by atoms with Crippen LogP contribution in [0.15, 0.2) is 34.8 Å². The first-order valence-corrected chi connectivity index (χ1v) is 5.29. The van der Waals surface area contributed by atoms with Gasteiger partial charge < -0.3 is 5.11 Å². The number of nitrogens with zero attached hydrogens (tertiary/aromatic N) is 1. The molecule has 1 aliphatic heterocycles. The fraction of sp³-hybridized carbons (Fsp3) is 0.154. The van der Waals surface area contributed by atoms with Crippen LogP contribution >= 0.6 is 0 Å². The van der Waals surface area contributed by atoms with Gasteiger partial charge >= 0.3 is 5.97 Å². The van der Waals surface area contributed by atoms with E-state index in [0.29, 0.717) is 16.7 Å². The van der Waals surface area contributed by atoms with Crippen LogP contribution in [0.2, 0.25) is 0 Å². The second-order valence-corrected chi connectivity index (χ2v) is 3.96. The van der Waals surface area contributed by atoms with Gasteiger partial charge in [-0.1, -0.05) is 12.1 Å². The number of Topliss-reactive ketones (excluding diaryl/α,β-unsaturated/α-hetero) is 1. The Balaban J connectivity index is 2.46. The van der Waals surface area contributed by atoms with Crippen molar-refractivity contribution in [3.8, 4) is 0 Å². The number of carbonyl (C=O) groups is 2. The van der Waals surface area contributed by atoms with Crippen LogP contribution in [0.5, 0.6) is 0 Å². The van der Waals surface area contributed by atoms with E-state index in [2.05, 4.69) is 4.99 Å². The number of aliphatic carboxylic acids is 1. The van der Waals surface area contributed by atoms with E-state index in [1.54, 1.807) is 6.92 Å². The number of hydrogen-bond donors (Lipinski definition) is 1. The summed E-state index contributed by atoms with van der Waals surface area (Å²) in [6, 6.07) is 5.37. The summed E-state index contributed by atoms with van der Waals surface area (Å²) >= 11 is 0. The number of aliphatic imine (C=N–C) groups is 1. The Morgan fingerprint density at radius 1 is 1.33 bits per heavy atom. The van der Waals surface area contributed by atoms with E-state index in [4.69, 9.17) is 5.11 Å². The fourth-order valence-electron chi connectivity index (χ4n) is 1.82. The molecule has 1 aromatic carbocycles. The number of carbonyl (C=O) groups excluding carboxylic acids is 1. The molecule has 0 radical (unpaired) electrons. The summed E-state index contributed by atoms with van der Waals surface area (Å²) in [5.41, 5.74) is 1.01. The Hall–Kier alpha value is -2.30. The van der Waals surface area contributed by atoms with Gasteiger partial charge in [-0.15, -0.1) is 0 Å². The standard InChI is InChI=1S/C13H10FNO3/c1-7-6-15-11(13(17)18)12(16)10(7)8-2-4-9(14)5-3-8/h2-5H,6H2,1H3,(H,17,18). The lowest BCUT2D eigenvalue weighted by atomic mass is 9.92. The molecule has 0 aliphatic carbocycles. The van der Waals surface area contributed by atoms with Crippen molar-refractivity contribution in [1.29, 1.82) is 0 Å². The molecule has 0 amide bonds. The van der Waals surface area contributed by atoms with E-state index in [1.807, 2.05) is 0 Å². The molecule has 0 spiro atoms. The van der Waals surface area contributed by atoms with Gasteiger partial charge in [-0.25, -0.2) is 9.18 Å². The number of carboxylic acids is 1. The zero-order chi connectivity index (χ0) is 13.3. The summed E-state index contributed by atoms with van der Waals surface area (Å²) in [6.07, 6.45) is 0. The van der Waals surface area contributed by atoms with Crippen molar-refractivity contribution in [2.75, 3.05) is 6.54 Å². The van der Waals surface area contributed by atoms with E-state index in [1.165, 1.54) is 24.3 Å². The summed E-state index contributed by atoms with van der Waals surface area (Å²) in [5, 5.41) is 8.87. The van der Waals surface area contributed by atoms with Crippen molar-refractivity contribution in [3.63, 3.8) is 0 Å². The van der Waals surface area contributed by atoms with Crippen LogP contribution in [0.3, 0.4) is 0 Å². The molecule has 1 aliphatic rings. The van der Waals surface area contributed by atoms with Crippen LogP contribution in [0, 0.1) is 5.82 Å². The van der Waals surface area contributed by atoms with Gasteiger partial charge in [-0.3, -0.25) is 9.79 Å². The molecule has 4 nitrogen and oxygen atoms in total. The van der Waals surface area contributed by atoms with E-state index >= 15 is 0 Å². The number of carboxylic acid groups (broad SMARTS) is 1. The van der Waals surface area contributed by atoms with E-state index in [-0.39, 0.29) is 6.54 Å². The van der Waals surface area contributed by atoms with E-state index < -0.39 is 23.3 Å². The molecule has 1 heterocycles. The number of allylic oxidation sites excluding steroid dienone is 1. The lowest BCUT2D eigenvalue weighted by molar-refractivity contribution is -0.130. The van der Waals surface area contributed by atoms with E-state index in [9.17, 15) is 14.0 Å². The maximum Gasteiger partial charge on any atom is 0.358 e. The molecular weight excluding hydrogens is 237 g/mol. The summed E-state index contributed by atoms with van der Waals surface area (Å²) < 4.78 is 12.8. The van der Waals surface area contributed by atoms with Crippen molar-refractivity contribution in [2.24, 2.45) is 4.99 Å². The number of dihydropyridines is 1. The lowest BCUT2D eigenvalue weighted by Crippen LogP contribution is -2.29.